The minimum Gasteiger partial charge on any atom is -0.479 e. The average Bonchev–Trinajstić information content (AvgIpc) is 2.81. The maximum absolute atomic E-state index is 12.5. The van der Waals surface area contributed by atoms with E-state index in [-0.39, 0.29) is 12.1 Å². The Balaban J connectivity index is 3.21. The summed E-state index contributed by atoms with van der Waals surface area (Å²) in [6.07, 6.45) is 2.49. The summed E-state index contributed by atoms with van der Waals surface area (Å²) in [6, 6.07) is -1.38. The molecule has 0 aliphatic carbocycles. The van der Waals surface area contributed by atoms with Crippen molar-refractivity contribution < 1.29 is 19.4 Å². The molecule has 1 N–H and O–H groups in total. The van der Waals surface area contributed by atoms with Gasteiger partial charge in [0.15, 0.2) is 6.04 Å². The molecule has 1 aromatic heterocycles. The Morgan fingerprint density at radius 2 is 1.83 bits per heavy atom. The molecule has 0 saturated heterocycles. The van der Waals surface area contributed by atoms with E-state index in [9.17, 15) is 14.7 Å². The first-order valence-electron chi connectivity index (χ1n) is 7.72. The van der Waals surface area contributed by atoms with Crippen LogP contribution in [0.4, 0.5) is 4.79 Å². The lowest BCUT2D eigenvalue weighted by Crippen LogP contribution is -2.45. The number of aliphatic carboxylic acids is 1. The van der Waals surface area contributed by atoms with Crippen molar-refractivity contribution in [3.05, 3.63) is 18.0 Å². The Bertz CT molecular complexity index is 558. The molecular formula is C16H27N3O4. The van der Waals surface area contributed by atoms with E-state index >= 15 is 0 Å². The van der Waals surface area contributed by atoms with E-state index in [1.165, 1.54) is 11.1 Å². The molecule has 0 aliphatic heterocycles. The van der Waals surface area contributed by atoms with Crippen molar-refractivity contribution in [3.8, 4) is 0 Å². The van der Waals surface area contributed by atoms with Gasteiger partial charge in [-0.25, -0.2) is 9.59 Å². The summed E-state index contributed by atoms with van der Waals surface area (Å²) in [5.74, 6) is -1.12. The molecule has 7 heteroatoms. The van der Waals surface area contributed by atoms with Gasteiger partial charge in [0, 0.05) is 23.8 Å². The molecule has 130 valence electrons. The zero-order valence-electron chi connectivity index (χ0n) is 14.9. The van der Waals surface area contributed by atoms with Gasteiger partial charge in [0.25, 0.3) is 0 Å². The molecule has 1 atom stereocenters. The van der Waals surface area contributed by atoms with E-state index in [4.69, 9.17) is 4.74 Å². The number of amides is 1. The summed E-state index contributed by atoms with van der Waals surface area (Å²) in [7, 11) is 0. The number of hydrogen-bond acceptors (Lipinski definition) is 4. The van der Waals surface area contributed by atoms with Crippen LogP contribution in [0.2, 0.25) is 0 Å². The second-order valence-corrected chi connectivity index (χ2v) is 7.07. The van der Waals surface area contributed by atoms with E-state index in [0.29, 0.717) is 5.56 Å². The normalized spacial score (nSPS) is 13.3. The fraction of sp³-hybridized carbons (Fsp3) is 0.688. The number of nitrogens with zero attached hydrogens (tertiary/aromatic N) is 3. The molecule has 0 spiro atoms. The summed E-state index contributed by atoms with van der Waals surface area (Å²) < 4.78 is 7.03. The van der Waals surface area contributed by atoms with Crippen LogP contribution in [0.3, 0.4) is 0 Å². The largest absolute Gasteiger partial charge is 0.479 e. The highest BCUT2D eigenvalue weighted by molar-refractivity contribution is 5.81. The van der Waals surface area contributed by atoms with E-state index in [2.05, 4.69) is 5.10 Å². The molecule has 0 saturated carbocycles. The first kappa shape index (κ1) is 19.0. The van der Waals surface area contributed by atoms with Gasteiger partial charge in [-0.1, -0.05) is 0 Å². The summed E-state index contributed by atoms with van der Waals surface area (Å²) in [4.78, 5) is 25.5. The van der Waals surface area contributed by atoms with Crippen molar-refractivity contribution in [2.24, 2.45) is 0 Å². The minimum absolute atomic E-state index is 0.104. The third-order valence-electron chi connectivity index (χ3n) is 3.14. The molecular weight excluding hydrogens is 298 g/mol. The second kappa shape index (κ2) is 7.02. The Kier molecular flexibility index (Phi) is 5.80. The van der Waals surface area contributed by atoms with E-state index in [1.807, 2.05) is 13.8 Å². The fourth-order valence-electron chi connectivity index (χ4n) is 2.13. The zero-order valence-corrected chi connectivity index (χ0v) is 14.9. The van der Waals surface area contributed by atoms with Gasteiger partial charge >= 0.3 is 12.1 Å². The smallest absolute Gasteiger partial charge is 0.411 e. The van der Waals surface area contributed by atoms with Gasteiger partial charge in [-0.2, -0.15) is 5.10 Å². The number of aromatic nitrogens is 2. The lowest BCUT2D eigenvalue weighted by molar-refractivity contribution is -0.144. The van der Waals surface area contributed by atoms with Crippen LogP contribution in [0.15, 0.2) is 12.4 Å². The number of ether oxygens (including phenoxy) is 1. The highest BCUT2D eigenvalue weighted by Crippen LogP contribution is 2.26. The van der Waals surface area contributed by atoms with Gasteiger partial charge in [-0.15, -0.1) is 0 Å². The molecule has 1 amide bonds. The number of rotatable bonds is 5. The monoisotopic (exact) mass is 325 g/mol. The first-order chi connectivity index (χ1) is 10.4. The number of carboxylic acids is 1. The Morgan fingerprint density at radius 3 is 2.17 bits per heavy atom. The van der Waals surface area contributed by atoms with Crippen molar-refractivity contribution in [1.29, 1.82) is 0 Å². The fourth-order valence-corrected chi connectivity index (χ4v) is 2.13. The predicted octanol–water partition coefficient (Wildman–Crippen LogP) is 3.24. The lowest BCUT2D eigenvalue weighted by Gasteiger charge is -2.33. The van der Waals surface area contributed by atoms with Gasteiger partial charge < -0.3 is 9.84 Å². The summed E-state index contributed by atoms with van der Waals surface area (Å²) >= 11 is 0. The van der Waals surface area contributed by atoms with Crippen LogP contribution in [0.5, 0.6) is 0 Å². The SMILES string of the molecule is CC(C)N(C(=O)OC(C)(C)C)C(C(=O)O)c1cnn(C(C)C)c1. The van der Waals surface area contributed by atoms with Gasteiger partial charge in [0.2, 0.25) is 0 Å². The molecule has 0 aliphatic rings. The maximum atomic E-state index is 12.5. The Hall–Kier alpha value is -2.05. The van der Waals surface area contributed by atoms with Crippen LogP contribution < -0.4 is 0 Å². The summed E-state index contributed by atoms with van der Waals surface area (Å²) in [5.41, 5.74) is -0.249. The topological polar surface area (TPSA) is 84.7 Å². The summed E-state index contributed by atoms with van der Waals surface area (Å²) in [6.45, 7) is 12.6. The van der Waals surface area contributed by atoms with E-state index in [1.54, 1.807) is 45.5 Å². The quantitative estimate of drug-likeness (QED) is 0.898. The zero-order chi connectivity index (χ0) is 17.9. The lowest BCUT2D eigenvalue weighted by atomic mass is 10.1. The molecule has 1 aromatic rings. The van der Waals surface area contributed by atoms with Crippen molar-refractivity contribution in [1.82, 2.24) is 14.7 Å². The van der Waals surface area contributed by atoms with Gasteiger partial charge in [-0.3, -0.25) is 9.58 Å². The van der Waals surface area contributed by atoms with Crippen LogP contribution in [0, 0.1) is 0 Å². The average molecular weight is 325 g/mol. The first-order valence-corrected chi connectivity index (χ1v) is 7.72. The van der Waals surface area contributed by atoms with Crippen LogP contribution in [-0.4, -0.2) is 43.5 Å². The molecule has 23 heavy (non-hydrogen) atoms. The van der Waals surface area contributed by atoms with Crippen LogP contribution >= 0.6 is 0 Å². The third-order valence-corrected chi connectivity index (χ3v) is 3.14. The number of carbonyl (C=O) groups excluding carboxylic acids is 1. The number of carboxylic acid groups (broad SMARTS) is 1. The molecule has 0 radical (unpaired) electrons. The van der Waals surface area contributed by atoms with Crippen molar-refractivity contribution in [3.63, 3.8) is 0 Å². The molecule has 1 rings (SSSR count). The summed E-state index contributed by atoms with van der Waals surface area (Å²) in [5, 5.41) is 13.8. The van der Waals surface area contributed by atoms with E-state index < -0.39 is 23.7 Å². The number of hydrogen-bond donors (Lipinski definition) is 1. The van der Waals surface area contributed by atoms with Gasteiger partial charge in [-0.05, 0) is 48.5 Å². The van der Waals surface area contributed by atoms with E-state index in [0.717, 1.165) is 0 Å². The van der Waals surface area contributed by atoms with Gasteiger partial charge in [0.05, 0.1) is 6.20 Å². The number of carbonyl (C=O) groups is 2. The highest BCUT2D eigenvalue weighted by Gasteiger charge is 2.36. The van der Waals surface area contributed by atoms with Gasteiger partial charge in [0.1, 0.15) is 5.60 Å². The molecule has 1 heterocycles. The van der Waals surface area contributed by atoms with Crippen molar-refractivity contribution in [2.45, 2.75) is 72.2 Å². The third kappa shape index (κ3) is 4.97. The minimum atomic E-state index is -1.14. The highest BCUT2D eigenvalue weighted by atomic mass is 16.6. The molecule has 0 bridgehead atoms. The van der Waals surface area contributed by atoms with Crippen LogP contribution in [-0.2, 0) is 9.53 Å². The van der Waals surface area contributed by atoms with Crippen molar-refractivity contribution >= 4 is 12.1 Å². The predicted molar refractivity (Wildman–Crippen MR) is 86.2 cm³/mol. The van der Waals surface area contributed by atoms with Crippen LogP contribution in [0.25, 0.3) is 0 Å². The molecule has 1 unspecified atom stereocenters. The molecule has 0 aromatic carbocycles. The maximum Gasteiger partial charge on any atom is 0.411 e. The standard InChI is InChI=1S/C16H27N3O4/c1-10(2)18-9-12(8-17-18)13(14(20)21)19(11(3)4)15(22)23-16(5,6)7/h8-11,13H,1-7H3,(H,20,21). The Labute approximate surface area is 137 Å². The molecule has 7 nitrogen and oxygen atoms in total. The Morgan fingerprint density at radius 1 is 1.26 bits per heavy atom. The van der Waals surface area contributed by atoms with Crippen molar-refractivity contribution in [2.75, 3.05) is 0 Å². The van der Waals surface area contributed by atoms with Crippen LogP contribution in [0.1, 0.15) is 66.1 Å². The molecule has 0 fully saturated rings. The second-order valence-electron chi connectivity index (χ2n) is 7.07.